The van der Waals surface area contributed by atoms with Crippen molar-refractivity contribution in [3.63, 3.8) is 0 Å². The van der Waals surface area contributed by atoms with Gasteiger partial charge in [0.25, 0.3) is 0 Å². The van der Waals surface area contributed by atoms with E-state index in [0.29, 0.717) is 5.92 Å². The summed E-state index contributed by atoms with van der Waals surface area (Å²) >= 11 is 0. The molecular weight excluding hydrogens is 422 g/mol. The van der Waals surface area contributed by atoms with Gasteiger partial charge in [0.15, 0.2) is 5.79 Å². The highest BCUT2D eigenvalue weighted by molar-refractivity contribution is 5.63. The second-order valence-corrected chi connectivity index (χ2v) is 11.1. The molecule has 3 heterocycles. The number of hydrogen-bond acceptors (Lipinski definition) is 5. The molecule has 0 atom stereocenters. The summed E-state index contributed by atoms with van der Waals surface area (Å²) in [5.41, 5.74) is 4.56. The lowest BCUT2D eigenvalue weighted by Crippen LogP contribution is -2.47. The molecule has 190 valence electrons. The van der Waals surface area contributed by atoms with Crippen molar-refractivity contribution in [1.29, 1.82) is 0 Å². The van der Waals surface area contributed by atoms with E-state index in [0.717, 1.165) is 45.1 Å². The number of unbranched alkanes of at least 4 members (excludes halogenated alkanes) is 1. The van der Waals surface area contributed by atoms with Gasteiger partial charge < -0.3 is 19.3 Å². The largest absolute Gasteiger partial charge is 0.371 e. The van der Waals surface area contributed by atoms with Gasteiger partial charge in [0, 0.05) is 63.5 Å². The van der Waals surface area contributed by atoms with E-state index in [1.165, 1.54) is 89.0 Å². The Labute approximate surface area is 207 Å². The molecule has 4 aliphatic rings. The molecule has 0 aromatic heterocycles. The highest BCUT2D eigenvalue weighted by Gasteiger charge is 2.40. The van der Waals surface area contributed by atoms with Crippen LogP contribution in [0.4, 0.5) is 11.4 Å². The smallest absolute Gasteiger partial charge is 0.171 e. The first-order chi connectivity index (χ1) is 16.7. The van der Waals surface area contributed by atoms with Crippen LogP contribution in [-0.4, -0.2) is 69.7 Å². The van der Waals surface area contributed by atoms with Crippen LogP contribution in [0.25, 0.3) is 0 Å². The second kappa shape index (κ2) is 11.2. The van der Waals surface area contributed by atoms with Crippen LogP contribution in [0.5, 0.6) is 0 Å². The van der Waals surface area contributed by atoms with E-state index in [9.17, 15) is 0 Å². The van der Waals surface area contributed by atoms with Crippen LogP contribution in [0.15, 0.2) is 18.2 Å². The summed E-state index contributed by atoms with van der Waals surface area (Å²) in [7, 11) is 0. The Hall–Kier alpha value is -1.30. The van der Waals surface area contributed by atoms with E-state index in [4.69, 9.17) is 9.47 Å². The summed E-state index contributed by atoms with van der Waals surface area (Å²) in [5.74, 6) is 1.36. The third-order valence-corrected chi connectivity index (χ3v) is 9.12. The van der Waals surface area contributed by atoms with Gasteiger partial charge in [-0.05, 0) is 74.2 Å². The van der Waals surface area contributed by atoms with Crippen molar-refractivity contribution in [2.45, 2.75) is 83.3 Å². The maximum atomic E-state index is 5.98. The topological polar surface area (TPSA) is 28.2 Å². The molecule has 0 radical (unpaired) electrons. The van der Waals surface area contributed by atoms with Crippen LogP contribution in [-0.2, 0) is 9.47 Å². The number of nitrogens with zero attached hydrogens (tertiary/aromatic N) is 3. The standard InChI is InChI=1S/C29H47N3O2/c1-3-5-14-30-17-19-32(20-18-30)28-11-10-26(23-27(28)25-8-6-24(4-2)7-9-25)31-15-12-29(13-16-31)33-21-22-34-29/h10-11,23-25H,3-9,12-22H2,1-2H3. The number of piperazine rings is 1. The summed E-state index contributed by atoms with van der Waals surface area (Å²) in [6.07, 6.45) is 11.4. The van der Waals surface area contributed by atoms with Crippen molar-refractivity contribution in [2.75, 3.05) is 68.8 Å². The van der Waals surface area contributed by atoms with Crippen molar-refractivity contribution >= 4 is 11.4 Å². The SMILES string of the molecule is CCCCN1CCN(c2ccc(N3CCC4(CC3)OCCO4)cc2C2CCC(CC)CC2)CC1. The van der Waals surface area contributed by atoms with Crippen LogP contribution in [0, 0.1) is 5.92 Å². The van der Waals surface area contributed by atoms with Crippen LogP contribution in [0.1, 0.15) is 83.1 Å². The number of anilines is 2. The van der Waals surface area contributed by atoms with E-state index in [1.807, 2.05) is 0 Å². The number of hydrogen-bond donors (Lipinski definition) is 0. The van der Waals surface area contributed by atoms with E-state index < -0.39 is 0 Å². The van der Waals surface area contributed by atoms with Crippen LogP contribution < -0.4 is 9.80 Å². The van der Waals surface area contributed by atoms with Crippen molar-refractivity contribution in [1.82, 2.24) is 4.90 Å². The average Bonchev–Trinajstić information content (AvgIpc) is 3.36. The van der Waals surface area contributed by atoms with Gasteiger partial charge in [0.2, 0.25) is 0 Å². The minimum atomic E-state index is -0.296. The van der Waals surface area contributed by atoms with Gasteiger partial charge in [-0.3, -0.25) is 4.90 Å². The highest BCUT2D eigenvalue weighted by Crippen LogP contribution is 2.43. The average molecular weight is 470 g/mol. The molecule has 5 heteroatoms. The molecule has 34 heavy (non-hydrogen) atoms. The van der Waals surface area contributed by atoms with Crippen molar-refractivity contribution in [3.8, 4) is 0 Å². The third-order valence-electron chi connectivity index (χ3n) is 9.12. The molecule has 0 amide bonds. The molecule has 1 aromatic carbocycles. The molecular formula is C29H47N3O2. The highest BCUT2D eigenvalue weighted by atomic mass is 16.7. The minimum Gasteiger partial charge on any atom is -0.371 e. The molecule has 3 aliphatic heterocycles. The Morgan fingerprint density at radius 3 is 2.21 bits per heavy atom. The Kier molecular flexibility index (Phi) is 8.02. The maximum Gasteiger partial charge on any atom is 0.171 e. The summed E-state index contributed by atoms with van der Waals surface area (Å²) in [6, 6.07) is 7.43. The number of benzene rings is 1. The molecule has 4 fully saturated rings. The molecule has 0 bridgehead atoms. The fourth-order valence-corrected chi connectivity index (χ4v) is 6.72. The third kappa shape index (κ3) is 5.42. The Balaban J connectivity index is 1.32. The normalized spacial score (nSPS) is 28.1. The number of ether oxygens (including phenoxy) is 2. The zero-order chi connectivity index (χ0) is 23.4. The molecule has 1 aliphatic carbocycles. The zero-order valence-corrected chi connectivity index (χ0v) is 21.8. The van der Waals surface area contributed by atoms with Gasteiger partial charge in [-0.25, -0.2) is 0 Å². The Morgan fingerprint density at radius 2 is 1.56 bits per heavy atom. The first kappa shape index (κ1) is 24.4. The van der Waals surface area contributed by atoms with Gasteiger partial charge in [-0.1, -0.05) is 26.7 Å². The van der Waals surface area contributed by atoms with Crippen molar-refractivity contribution in [3.05, 3.63) is 23.8 Å². The lowest BCUT2D eigenvalue weighted by Gasteiger charge is -2.41. The fourth-order valence-electron chi connectivity index (χ4n) is 6.72. The Morgan fingerprint density at radius 1 is 0.853 bits per heavy atom. The van der Waals surface area contributed by atoms with Crippen LogP contribution >= 0.6 is 0 Å². The minimum absolute atomic E-state index is 0.296. The van der Waals surface area contributed by atoms with E-state index >= 15 is 0 Å². The van der Waals surface area contributed by atoms with E-state index in [-0.39, 0.29) is 5.79 Å². The zero-order valence-electron chi connectivity index (χ0n) is 21.8. The van der Waals surface area contributed by atoms with Crippen molar-refractivity contribution < 1.29 is 9.47 Å². The van der Waals surface area contributed by atoms with Crippen LogP contribution in [0.2, 0.25) is 0 Å². The quantitative estimate of drug-likeness (QED) is 0.516. The monoisotopic (exact) mass is 469 g/mol. The predicted octanol–water partition coefficient (Wildman–Crippen LogP) is 5.64. The number of rotatable bonds is 7. The lowest BCUT2D eigenvalue weighted by molar-refractivity contribution is -0.169. The van der Waals surface area contributed by atoms with Crippen LogP contribution in [0.3, 0.4) is 0 Å². The Bertz CT molecular complexity index is 768. The predicted molar refractivity (Wildman–Crippen MR) is 141 cm³/mol. The van der Waals surface area contributed by atoms with Gasteiger partial charge in [0.1, 0.15) is 0 Å². The summed E-state index contributed by atoms with van der Waals surface area (Å²) in [4.78, 5) is 7.93. The van der Waals surface area contributed by atoms with Gasteiger partial charge in [0.05, 0.1) is 13.2 Å². The molecule has 1 aromatic rings. The first-order valence-corrected chi connectivity index (χ1v) is 14.3. The fraction of sp³-hybridized carbons (Fsp3) is 0.793. The molecule has 1 saturated carbocycles. The molecule has 5 rings (SSSR count). The van der Waals surface area contributed by atoms with Gasteiger partial charge in [-0.15, -0.1) is 0 Å². The molecule has 0 unspecified atom stereocenters. The summed E-state index contributed by atoms with van der Waals surface area (Å²) < 4.78 is 12.0. The molecule has 3 saturated heterocycles. The van der Waals surface area contributed by atoms with E-state index in [2.05, 4.69) is 46.7 Å². The molecule has 1 spiro atoms. The molecule has 0 N–H and O–H groups in total. The number of piperidine rings is 1. The molecule has 5 nitrogen and oxygen atoms in total. The lowest BCUT2D eigenvalue weighted by atomic mass is 9.77. The maximum absolute atomic E-state index is 5.98. The van der Waals surface area contributed by atoms with E-state index in [1.54, 1.807) is 5.56 Å². The van der Waals surface area contributed by atoms with Gasteiger partial charge in [-0.2, -0.15) is 0 Å². The van der Waals surface area contributed by atoms with Gasteiger partial charge >= 0.3 is 0 Å². The summed E-state index contributed by atoms with van der Waals surface area (Å²) in [5, 5.41) is 0. The first-order valence-electron chi connectivity index (χ1n) is 14.3. The second-order valence-electron chi connectivity index (χ2n) is 11.1. The van der Waals surface area contributed by atoms with Crippen molar-refractivity contribution in [2.24, 2.45) is 5.92 Å². The summed E-state index contributed by atoms with van der Waals surface area (Å²) in [6.45, 7) is 14.2.